The molecule has 2 aliphatic heterocycles. The first-order valence-electron chi connectivity index (χ1n) is 8.75. The summed E-state index contributed by atoms with van der Waals surface area (Å²) in [6.45, 7) is 3.99. The van der Waals surface area contributed by atoms with Crippen molar-refractivity contribution >= 4 is 36.0 Å². The minimum atomic E-state index is -0.779. The number of nitrogens with zero attached hydrogens (tertiary/aromatic N) is 1. The summed E-state index contributed by atoms with van der Waals surface area (Å²) < 4.78 is 5.92. The van der Waals surface area contributed by atoms with Crippen LogP contribution >= 0.6 is 24.2 Å². The summed E-state index contributed by atoms with van der Waals surface area (Å²) in [5.74, 6) is -0.113. The standard InChI is InChI=1S/C21H20N2O3S.ClH/c1-13-12-27-20-16(22)19(24)23(20)17(13)21(25)26-18(14-8-4-2-5-9-14)15-10-6-3-7-11-15;/h2-11,16-18,20H,1,12,22H2;1H/t16?,17?,20-;/m0./s1. The van der Waals surface area contributed by atoms with Crippen LogP contribution in [-0.2, 0) is 14.3 Å². The van der Waals surface area contributed by atoms with Crippen molar-refractivity contribution < 1.29 is 14.3 Å². The second-order valence-electron chi connectivity index (χ2n) is 6.67. The van der Waals surface area contributed by atoms with Gasteiger partial charge in [0.25, 0.3) is 0 Å². The number of carbonyl (C=O) groups excluding carboxylic acids is 2. The number of benzene rings is 2. The number of nitrogens with two attached hydrogens (primary N) is 1. The largest absolute Gasteiger partial charge is 0.451 e. The maximum atomic E-state index is 13.1. The fourth-order valence-electron chi connectivity index (χ4n) is 3.48. The van der Waals surface area contributed by atoms with Gasteiger partial charge in [-0.15, -0.1) is 24.2 Å². The van der Waals surface area contributed by atoms with Gasteiger partial charge >= 0.3 is 5.97 Å². The number of β-lactam (4-membered cyclic amide) rings is 1. The Labute approximate surface area is 174 Å². The summed E-state index contributed by atoms with van der Waals surface area (Å²) >= 11 is 1.54. The molecule has 0 saturated carbocycles. The monoisotopic (exact) mass is 416 g/mol. The van der Waals surface area contributed by atoms with E-state index >= 15 is 0 Å². The maximum Gasteiger partial charge on any atom is 0.334 e. The third-order valence-electron chi connectivity index (χ3n) is 4.89. The minimum Gasteiger partial charge on any atom is -0.451 e. The van der Waals surface area contributed by atoms with Gasteiger partial charge < -0.3 is 15.4 Å². The molecule has 0 aliphatic carbocycles. The molecule has 0 spiro atoms. The molecular weight excluding hydrogens is 396 g/mol. The number of hydrogen-bond donors (Lipinski definition) is 1. The third-order valence-corrected chi connectivity index (χ3v) is 6.29. The second kappa shape index (κ2) is 8.39. The van der Waals surface area contributed by atoms with Crippen molar-refractivity contribution in [1.29, 1.82) is 0 Å². The van der Waals surface area contributed by atoms with E-state index < -0.39 is 24.2 Å². The van der Waals surface area contributed by atoms with Crippen LogP contribution in [0.5, 0.6) is 0 Å². The Morgan fingerprint density at radius 1 is 1.11 bits per heavy atom. The molecule has 2 unspecified atom stereocenters. The molecule has 146 valence electrons. The lowest BCUT2D eigenvalue weighted by Crippen LogP contribution is -2.73. The van der Waals surface area contributed by atoms with Crippen LogP contribution < -0.4 is 5.73 Å². The second-order valence-corrected chi connectivity index (χ2v) is 7.78. The van der Waals surface area contributed by atoms with Crippen molar-refractivity contribution in [2.24, 2.45) is 5.73 Å². The molecule has 4 rings (SSSR count). The van der Waals surface area contributed by atoms with Gasteiger partial charge in [0, 0.05) is 5.75 Å². The Bertz CT molecular complexity index is 838. The van der Waals surface area contributed by atoms with Crippen LogP contribution in [-0.4, -0.2) is 40.0 Å². The molecule has 2 aromatic rings. The van der Waals surface area contributed by atoms with Gasteiger partial charge in [-0.25, -0.2) is 4.79 Å². The quantitative estimate of drug-likeness (QED) is 0.471. The predicted molar refractivity (Wildman–Crippen MR) is 112 cm³/mol. The van der Waals surface area contributed by atoms with Gasteiger partial charge in [-0.3, -0.25) is 4.79 Å². The third kappa shape index (κ3) is 3.55. The van der Waals surface area contributed by atoms with Crippen LogP contribution in [0, 0.1) is 0 Å². The number of hydrogen-bond acceptors (Lipinski definition) is 5. The zero-order valence-corrected chi connectivity index (χ0v) is 16.7. The summed E-state index contributed by atoms with van der Waals surface area (Å²) in [7, 11) is 0. The molecule has 2 heterocycles. The number of carbonyl (C=O) groups is 2. The molecular formula is C21H21ClN2O3S. The van der Waals surface area contributed by atoms with E-state index in [4.69, 9.17) is 10.5 Å². The average Bonchev–Trinajstić information content (AvgIpc) is 2.72. The molecule has 2 aliphatic rings. The van der Waals surface area contributed by atoms with Crippen LogP contribution in [0.1, 0.15) is 17.2 Å². The molecule has 2 aromatic carbocycles. The summed E-state index contributed by atoms with van der Waals surface area (Å²) in [4.78, 5) is 26.8. The van der Waals surface area contributed by atoms with E-state index in [2.05, 4.69) is 6.58 Å². The van der Waals surface area contributed by atoms with Crippen LogP contribution in [0.4, 0.5) is 0 Å². The molecule has 3 atom stereocenters. The highest BCUT2D eigenvalue weighted by Gasteiger charge is 2.54. The molecule has 0 bridgehead atoms. The number of amides is 1. The maximum absolute atomic E-state index is 13.1. The lowest BCUT2D eigenvalue weighted by molar-refractivity contribution is -0.164. The van der Waals surface area contributed by atoms with Crippen LogP contribution in [0.2, 0.25) is 0 Å². The van der Waals surface area contributed by atoms with E-state index in [9.17, 15) is 9.59 Å². The molecule has 2 fully saturated rings. The van der Waals surface area contributed by atoms with Gasteiger partial charge in [0.15, 0.2) is 12.1 Å². The molecule has 2 N–H and O–H groups in total. The lowest BCUT2D eigenvalue weighted by Gasteiger charge is -2.51. The van der Waals surface area contributed by atoms with Crippen LogP contribution in [0.15, 0.2) is 72.8 Å². The molecule has 28 heavy (non-hydrogen) atoms. The summed E-state index contributed by atoms with van der Waals surface area (Å²) in [6, 6.07) is 17.8. The number of ether oxygens (including phenoxy) is 1. The van der Waals surface area contributed by atoms with E-state index in [1.165, 1.54) is 16.7 Å². The van der Waals surface area contributed by atoms with Gasteiger partial charge in [-0.2, -0.15) is 0 Å². The Morgan fingerprint density at radius 2 is 1.64 bits per heavy atom. The highest BCUT2D eigenvalue weighted by Crippen LogP contribution is 2.40. The first-order valence-corrected chi connectivity index (χ1v) is 9.80. The molecule has 1 amide bonds. The van der Waals surface area contributed by atoms with Gasteiger partial charge in [-0.05, 0) is 16.7 Å². The van der Waals surface area contributed by atoms with Crippen molar-refractivity contribution in [2.45, 2.75) is 23.6 Å². The van der Waals surface area contributed by atoms with Crippen LogP contribution in [0.3, 0.4) is 0 Å². The number of thioether (sulfide) groups is 1. The normalized spacial score (nSPS) is 23.5. The van der Waals surface area contributed by atoms with Crippen molar-refractivity contribution in [1.82, 2.24) is 4.90 Å². The smallest absolute Gasteiger partial charge is 0.334 e. The summed E-state index contributed by atoms with van der Waals surface area (Å²) in [5.41, 5.74) is 8.28. The van der Waals surface area contributed by atoms with Gasteiger partial charge in [-0.1, -0.05) is 67.2 Å². The fourth-order valence-corrected chi connectivity index (χ4v) is 4.73. The Morgan fingerprint density at radius 3 is 2.18 bits per heavy atom. The summed E-state index contributed by atoms with van der Waals surface area (Å²) in [5, 5.41) is -0.188. The van der Waals surface area contributed by atoms with E-state index in [1.807, 2.05) is 60.7 Å². The molecule has 7 heteroatoms. The minimum absolute atomic E-state index is 0. The van der Waals surface area contributed by atoms with Crippen molar-refractivity contribution in [2.75, 3.05) is 5.75 Å². The average molecular weight is 417 g/mol. The van der Waals surface area contributed by atoms with E-state index in [0.717, 1.165) is 11.1 Å². The zero-order chi connectivity index (χ0) is 19.0. The predicted octanol–water partition coefficient (Wildman–Crippen LogP) is 2.91. The lowest BCUT2D eigenvalue weighted by atomic mass is 9.98. The molecule has 0 radical (unpaired) electrons. The topological polar surface area (TPSA) is 72.6 Å². The van der Waals surface area contributed by atoms with Crippen molar-refractivity contribution in [3.63, 3.8) is 0 Å². The Balaban J connectivity index is 0.00000225. The number of halogens is 1. The highest BCUT2D eigenvalue weighted by molar-refractivity contribution is 8.00. The van der Waals surface area contributed by atoms with Gasteiger partial charge in [0.2, 0.25) is 5.91 Å². The number of rotatable bonds is 4. The van der Waals surface area contributed by atoms with E-state index in [1.54, 1.807) is 0 Å². The van der Waals surface area contributed by atoms with Gasteiger partial charge in [0.1, 0.15) is 11.4 Å². The zero-order valence-electron chi connectivity index (χ0n) is 15.1. The number of fused-ring (bicyclic) bond motifs is 1. The van der Waals surface area contributed by atoms with Crippen LogP contribution in [0.25, 0.3) is 0 Å². The molecule has 5 nitrogen and oxygen atoms in total. The van der Waals surface area contributed by atoms with E-state index in [-0.39, 0.29) is 23.7 Å². The summed E-state index contributed by atoms with van der Waals surface area (Å²) in [6.07, 6.45) is -0.550. The Hall–Kier alpha value is -2.28. The fraction of sp³-hybridized carbons (Fsp3) is 0.238. The number of esters is 1. The van der Waals surface area contributed by atoms with Crippen molar-refractivity contribution in [3.8, 4) is 0 Å². The van der Waals surface area contributed by atoms with Gasteiger partial charge in [0.05, 0.1) is 0 Å². The molecule has 2 saturated heterocycles. The first kappa shape index (κ1) is 20.5. The SMILES string of the molecule is C=C1CS[C@H]2C(N)C(=O)N2C1C(=O)OC(c1ccccc1)c1ccccc1.Cl. The highest BCUT2D eigenvalue weighted by atomic mass is 35.5. The molecule has 0 aromatic heterocycles. The van der Waals surface area contributed by atoms with E-state index in [0.29, 0.717) is 11.3 Å². The first-order chi connectivity index (χ1) is 13.1. The Kier molecular flexibility index (Phi) is 6.13. The van der Waals surface area contributed by atoms with Crippen molar-refractivity contribution in [3.05, 3.63) is 83.9 Å².